The Morgan fingerprint density at radius 3 is 1.80 bits per heavy atom. The van der Waals surface area contributed by atoms with E-state index in [0.717, 1.165) is 63.2 Å². The first-order chi connectivity index (χ1) is 24.9. The highest BCUT2D eigenvalue weighted by Gasteiger charge is 2.22. The fourth-order valence-electron chi connectivity index (χ4n) is 5.21. The van der Waals surface area contributed by atoms with E-state index in [-0.39, 0.29) is 17.9 Å². The summed E-state index contributed by atoms with van der Waals surface area (Å²) in [6.45, 7) is 6.47. The summed E-state index contributed by atoms with van der Waals surface area (Å²) < 4.78 is 22.6. The van der Waals surface area contributed by atoms with E-state index in [1.807, 2.05) is 91.1 Å². The van der Waals surface area contributed by atoms with Crippen molar-refractivity contribution in [2.24, 2.45) is 11.8 Å². The highest BCUT2D eigenvalue weighted by atomic mass is 32.2. The van der Waals surface area contributed by atoms with Gasteiger partial charge in [0.2, 0.25) is 5.91 Å². The van der Waals surface area contributed by atoms with Crippen LogP contribution < -0.4 is 29.6 Å². The molecule has 2 heterocycles. The zero-order chi connectivity index (χ0) is 35.8. The highest BCUT2D eigenvalue weighted by molar-refractivity contribution is 8.00. The van der Waals surface area contributed by atoms with Gasteiger partial charge in [0, 0.05) is 48.5 Å². The van der Waals surface area contributed by atoms with Crippen LogP contribution >= 0.6 is 47.0 Å². The van der Waals surface area contributed by atoms with Gasteiger partial charge in [-0.25, -0.2) is 0 Å². The number of fused-ring (bicyclic) bond motifs is 2. The van der Waals surface area contributed by atoms with Crippen LogP contribution in [0.2, 0.25) is 0 Å². The van der Waals surface area contributed by atoms with Crippen LogP contribution in [0.4, 0.5) is 0 Å². The quantitative estimate of drug-likeness (QED) is 0.129. The Bertz CT molecular complexity index is 1620. The first kappa shape index (κ1) is 39.1. The maximum Gasteiger partial charge on any atom is 0.224 e. The number of hydrogen-bond acceptors (Lipinski definition) is 10. The number of nitrogens with one attached hydrogen (secondary N) is 2. The lowest BCUT2D eigenvalue weighted by Crippen LogP contribution is -2.43. The maximum absolute atomic E-state index is 12.6. The van der Waals surface area contributed by atoms with E-state index in [2.05, 4.69) is 54.0 Å². The summed E-state index contributed by atoms with van der Waals surface area (Å²) >= 11 is 7.10. The molecule has 272 valence electrons. The summed E-state index contributed by atoms with van der Waals surface area (Å²) in [5, 5.41) is 6.80. The Morgan fingerprint density at radius 1 is 0.725 bits per heavy atom. The minimum absolute atomic E-state index is 0.0126. The van der Waals surface area contributed by atoms with Crippen molar-refractivity contribution in [1.29, 1.82) is 0 Å². The molecule has 4 aromatic rings. The van der Waals surface area contributed by atoms with Crippen LogP contribution in [0.25, 0.3) is 0 Å². The molecule has 0 saturated heterocycles. The molecule has 0 saturated carbocycles. The highest BCUT2D eigenvalue weighted by Crippen LogP contribution is 2.34. The molecule has 11 heteroatoms. The molecule has 0 aromatic heterocycles. The lowest BCUT2D eigenvalue weighted by molar-refractivity contribution is -0.124. The molecule has 2 aliphatic rings. The van der Waals surface area contributed by atoms with Gasteiger partial charge in [0.15, 0.2) is 0 Å². The molecule has 1 amide bonds. The number of rotatable bonds is 13. The number of hydrogen-bond donors (Lipinski definition) is 2. The first-order valence-corrected chi connectivity index (χ1v) is 21.1. The molecule has 2 N–H and O–H groups in total. The van der Waals surface area contributed by atoms with Crippen molar-refractivity contribution >= 4 is 53.0 Å². The summed E-state index contributed by atoms with van der Waals surface area (Å²) in [6, 6.07) is 32.8. The molecule has 4 aromatic carbocycles. The molecule has 4 atom stereocenters. The number of ether oxygens (including phenoxy) is 4. The fraction of sp³-hybridized carbons (Fsp3) is 0.375. The summed E-state index contributed by atoms with van der Waals surface area (Å²) in [4.78, 5) is 17.2. The zero-order valence-electron chi connectivity index (χ0n) is 29.7. The third-order valence-corrected chi connectivity index (χ3v) is 13.3. The topological polar surface area (TPSA) is 78.1 Å². The van der Waals surface area contributed by atoms with Crippen LogP contribution in [-0.2, 0) is 4.79 Å². The second-order valence-corrected chi connectivity index (χ2v) is 16.6. The van der Waals surface area contributed by atoms with E-state index in [1.165, 1.54) is 9.79 Å². The van der Waals surface area contributed by atoms with E-state index in [0.29, 0.717) is 24.3 Å². The Hall–Kier alpha value is -3.09. The predicted octanol–water partition coefficient (Wildman–Crippen LogP) is 8.66. The third-order valence-electron chi connectivity index (χ3n) is 8.16. The maximum atomic E-state index is 12.6. The number of thioether (sulfide) groups is 4. The van der Waals surface area contributed by atoms with E-state index in [4.69, 9.17) is 18.9 Å². The zero-order valence-corrected chi connectivity index (χ0v) is 32.9. The second-order valence-electron chi connectivity index (χ2n) is 12.4. The molecule has 51 heavy (non-hydrogen) atoms. The summed E-state index contributed by atoms with van der Waals surface area (Å²) in [7, 11) is 3.39. The largest absolute Gasteiger partial charge is 0.496 e. The molecule has 0 spiro atoms. The number of para-hydroxylation sites is 4. The summed E-state index contributed by atoms with van der Waals surface area (Å²) in [6.07, 6.45) is 0. The van der Waals surface area contributed by atoms with Gasteiger partial charge < -0.3 is 29.6 Å². The van der Waals surface area contributed by atoms with Crippen LogP contribution in [0.15, 0.2) is 117 Å². The number of carbonyl (C=O) groups is 1. The molecular weight excluding hydrogens is 717 g/mol. The van der Waals surface area contributed by atoms with Gasteiger partial charge in [-0.1, -0.05) is 62.4 Å². The average molecular weight is 765 g/mol. The van der Waals surface area contributed by atoms with Crippen molar-refractivity contribution in [3.05, 3.63) is 97.1 Å². The van der Waals surface area contributed by atoms with Gasteiger partial charge >= 0.3 is 0 Å². The molecule has 6 rings (SSSR count). The van der Waals surface area contributed by atoms with Crippen LogP contribution in [-0.4, -0.2) is 75.0 Å². The first-order valence-electron chi connectivity index (χ1n) is 17.2. The number of carbonyl (C=O) groups excluding carboxylic acids is 1. The van der Waals surface area contributed by atoms with E-state index in [1.54, 1.807) is 37.7 Å². The van der Waals surface area contributed by atoms with E-state index in [9.17, 15) is 4.79 Å². The van der Waals surface area contributed by atoms with Gasteiger partial charge in [-0.2, -0.15) is 0 Å². The molecule has 0 fully saturated rings. The van der Waals surface area contributed by atoms with Crippen molar-refractivity contribution in [2.75, 3.05) is 57.0 Å². The van der Waals surface area contributed by atoms with Crippen molar-refractivity contribution in [1.82, 2.24) is 10.6 Å². The van der Waals surface area contributed by atoms with Gasteiger partial charge in [-0.15, -0.1) is 47.0 Å². The minimum atomic E-state index is -0.0967. The van der Waals surface area contributed by atoms with Gasteiger partial charge in [0.1, 0.15) is 36.2 Å². The smallest absolute Gasteiger partial charge is 0.224 e. The van der Waals surface area contributed by atoms with Crippen molar-refractivity contribution < 1.29 is 23.7 Å². The summed E-state index contributed by atoms with van der Waals surface area (Å²) in [5.41, 5.74) is 0. The van der Waals surface area contributed by atoms with Crippen molar-refractivity contribution in [2.45, 2.75) is 45.5 Å². The van der Waals surface area contributed by atoms with Gasteiger partial charge in [0.05, 0.1) is 26.3 Å². The molecule has 7 nitrogen and oxygen atoms in total. The Balaban J connectivity index is 0.000000198. The van der Waals surface area contributed by atoms with Gasteiger partial charge in [0.25, 0.3) is 0 Å². The van der Waals surface area contributed by atoms with E-state index >= 15 is 0 Å². The van der Waals surface area contributed by atoms with E-state index < -0.39 is 0 Å². The fourth-order valence-corrected chi connectivity index (χ4v) is 9.35. The number of methoxy groups -OCH3 is 2. The molecule has 0 radical (unpaired) electrons. The normalized spacial score (nSPS) is 17.6. The molecule has 0 bridgehead atoms. The van der Waals surface area contributed by atoms with Crippen molar-refractivity contribution in [3.63, 3.8) is 0 Å². The lowest BCUT2D eigenvalue weighted by Gasteiger charge is -2.19. The number of benzene rings is 4. The van der Waals surface area contributed by atoms with Crippen LogP contribution in [0, 0.1) is 11.8 Å². The Morgan fingerprint density at radius 2 is 1.22 bits per heavy atom. The van der Waals surface area contributed by atoms with Crippen LogP contribution in [0.5, 0.6) is 23.0 Å². The standard InChI is InChI=1S/C20H23NO3S2.C20H25NO2S2/c1-14(12-25-18-9-5-3-7-16(18)23-2)20(22)21-15-11-24-17-8-4-6-10-19(17)26-13-15;1-15(13-24-19-9-5-3-7-17(19)22-2)11-21-16-12-23-18-8-4-6-10-20(18)25-14-16/h3-10,14-15H,11-13H2,1-2H3,(H,21,22);3-10,15-16,21H,11-14H2,1-2H3. The monoisotopic (exact) mass is 764 g/mol. The predicted molar refractivity (Wildman–Crippen MR) is 215 cm³/mol. The van der Waals surface area contributed by atoms with Crippen molar-refractivity contribution in [3.8, 4) is 23.0 Å². The Labute approximate surface area is 320 Å². The lowest BCUT2D eigenvalue weighted by atomic mass is 10.2. The molecule has 4 unspecified atom stereocenters. The Kier molecular flexibility index (Phi) is 16.0. The minimum Gasteiger partial charge on any atom is -0.496 e. The molecule has 2 aliphatic heterocycles. The second kappa shape index (κ2) is 20.8. The molecule has 0 aliphatic carbocycles. The summed E-state index contributed by atoms with van der Waals surface area (Å²) in [5.74, 6) is 7.87. The van der Waals surface area contributed by atoms with Gasteiger partial charge in [-0.3, -0.25) is 4.79 Å². The third kappa shape index (κ3) is 12.2. The molecular formula is C40H48N2O5S4. The van der Waals surface area contributed by atoms with Crippen LogP contribution in [0.1, 0.15) is 13.8 Å². The average Bonchev–Trinajstić information content (AvgIpc) is 3.52. The van der Waals surface area contributed by atoms with Gasteiger partial charge in [-0.05, 0) is 61.0 Å². The van der Waals surface area contributed by atoms with Crippen LogP contribution in [0.3, 0.4) is 0 Å². The SMILES string of the molecule is COc1ccccc1SCC(C)C(=O)NC1COc2ccccc2SC1.COc1ccccc1SCC(C)CNC1COc2ccccc2SC1. The number of amides is 1.